The predicted octanol–water partition coefficient (Wildman–Crippen LogP) is 4.34. The maximum atomic E-state index is 13.2. The molecule has 1 aromatic carbocycles. The van der Waals surface area contributed by atoms with Crippen molar-refractivity contribution in [3.05, 3.63) is 35.1 Å². The first-order valence-corrected chi connectivity index (χ1v) is 7.23. The zero-order valence-corrected chi connectivity index (χ0v) is 13.2. The van der Waals surface area contributed by atoms with E-state index in [1.807, 2.05) is 13.0 Å². The predicted molar refractivity (Wildman–Crippen MR) is 80.9 cm³/mol. The standard InChI is InChI=1S/C17H28FN/c1-12(2)17(6,11-19-13(3)4)10-15-7-8-16(18)9-14(15)5/h7-9,12-13,19H,10-11H2,1-6H3. The molecule has 0 radical (unpaired) electrons. The van der Waals surface area contributed by atoms with Crippen molar-refractivity contribution in [2.45, 2.75) is 54.0 Å². The number of hydrogen-bond donors (Lipinski definition) is 1. The van der Waals surface area contributed by atoms with Crippen LogP contribution in [0.2, 0.25) is 0 Å². The van der Waals surface area contributed by atoms with Crippen LogP contribution >= 0.6 is 0 Å². The highest BCUT2D eigenvalue weighted by Gasteiger charge is 2.29. The maximum Gasteiger partial charge on any atom is 0.123 e. The van der Waals surface area contributed by atoms with Crippen molar-refractivity contribution < 1.29 is 4.39 Å². The highest BCUT2D eigenvalue weighted by atomic mass is 19.1. The number of hydrogen-bond acceptors (Lipinski definition) is 1. The summed E-state index contributed by atoms with van der Waals surface area (Å²) in [5.74, 6) is 0.427. The summed E-state index contributed by atoms with van der Waals surface area (Å²) in [5, 5.41) is 3.54. The van der Waals surface area contributed by atoms with Crippen LogP contribution in [0.1, 0.15) is 45.7 Å². The second-order valence-electron chi connectivity index (χ2n) is 6.59. The monoisotopic (exact) mass is 265 g/mol. The summed E-state index contributed by atoms with van der Waals surface area (Å²) >= 11 is 0. The van der Waals surface area contributed by atoms with Crippen molar-refractivity contribution >= 4 is 0 Å². The van der Waals surface area contributed by atoms with E-state index in [1.165, 1.54) is 5.56 Å². The largest absolute Gasteiger partial charge is 0.314 e. The molecule has 0 aliphatic heterocycles. The quantitative estimate of drug-likeness (QED) is 0.807. The van der Waals surface area contributed by atoms with Gasteiger partial charge >= 0.3 is 0 Å². The Morgan fingerprint density at radius 1 is 1.21 bits per heavy atom. The number of rotatable bonds is 6. The van der Waals surface area contributed by atoms with Gasteiger partial charge < -0.3 is 5.32 Å². The molecule has 0 amide bonds. The van der Waals surface area contributed by atoms with Gasteiger partial charge in [0.15, 0.2) is 0 Å². The van der Waals surface area contributed by atoms with Crippen LogP contribution < -0.4 is 5.32 Å². The van der Waals surface area contributed by atoms with Gasteiger partial charge in [-0.15, -0.1) is 0 Å². The van der Waals surface area contributed by atoms with Crippen molar-refractivity contribution in [3.8, 4) is 0 Å². The third kappa shape index (κ3) is 4.61. The zero-order chi connectivity index (χ0) is 14.6. The van der Waals surface area contributed by atoms with Gasteiger partial charge in [0.25, 0.3) is 0 Å². The Balaban J connectivity index is 2.88. The van der Waals surface area contributed by atoms with Crippen molar-refractivity contribution in [3.63, 3.8) is 0 Å². The minimum atomic E-state index is -0.146. The molecule has 1 aromatic rings. The van der Waals surface area contributed by atoms with Crippen LogP contribution in [0.5, 0.6) is 0 Å². The molecule has 0 bridgehead atoms. The van der Waals surface area contributed by atoms with Gasteiger partial charge in [-0.25, -0.2) is 4.39 Å². The lowest BCUT2D eigenvalue weighted by molar-refractivity contribution is 0.201. The first-order valence-electron chi connectivity index (χ1n) is 7.23. The molecule has 0 fully saturated rings. The number of aryl methyl sites for hydroxylation is 1. The van der Waals surface area contributed by atoms with Gasteiger partial charge in [-0.2, -0.15) is 0 Å². The molecule has 0 heterocycles. The van der Waals surface area contributed by atoms with Crippen molar-refractivity contribution in [1.82, 2.24) is 5.32 Å². The van der Waals surface area contributed by atoms with Crippen LogP contribution in [0.4, 0.5) is 4.39 Å². The maximum absolute atomic E-state index is 13.2. The minimum Gasteiger partial charge on any atom is -0.314 e. The highest BCUT2D eigenvalue weighted by Crippen LogP contribution is 2.32. The summed E-state index contributed by atoms with van der Waals surface area (Å²) in [4.78, 5) is 0. The van der Waals surface area contributed by atoms with Gasteiger partial charge in [0.1, 0.15) is 5.82 Å². The van der Waals surface area contributed by atoms with E-state index < -0.39 is 0 Å². The summed E-state index contributed by atoms with van der Waals surface area (Å²) in [6, 6.07) is 5.62. The fourth-order valence-corrected chi connectivity index (χ4v) is 2.20. The smallest absolute Gasteiger partial charge is 0.123 e. The molecule has 0 saturated carbocycles. The van der Waals surface area contributed by atoms with Crippen molar-refractivity contribution in [2.24, 2.45) is 11.3 Å². The molecule has 0 aliphatic rings. The van der Waals surface area contributed by atoms with Crippen LogP contribution in [0.15, 0.2) is 18.2 Å². The van der Waals surface area contributed by atoms with Gasteiger partial charge in [-0.05, 0) is 47.9 Å². The van der Waals surface area contributed by atoms with Gasteiger partial charge in [-0.3, -0.25) is 0 Å². The second kappa shape index (κ2) is 6.51. The number of nitrogens with one attached hydrogen (secondary N) is 1. The van der Waals surface area contributed by atoms with E-state index in [2.05, 4.69) is 39.9 Å². The molecular weight excluding hydrogens is 237 g/mol. The second-order valence-corrected chi connectivity index (χ2v) is 6.59. The van der Waals surface area contributed by atoms with E-state index in [9.17, 15) is 4.39 Å². The molecule has 0 aromatic heterocycles. The minimum absolute atomic E-state index is 0.146. The van der Waals surface area contributed by atoms with Crippen LogP contribution in [0, 0.1) is 24.1 Å². The lowest BCUT2D eigenvalue weighted by Gasteiger charge is -2.35. The van der Waals surface area contributed by atoms with E-state index in [-0.39, 0.29) is 11.2 Å². The summed E-state index contributed by atoms with van der Waals surface area (Å²) in [6.45, 7) is 14.2. The van der Waals surface area contributed by atoms with Crippen molar-refractivity contribution in [2.75, 3.05) is 6.54 Å². The Kier molecular flexibility index (Phi) is 5.54. The Hall–Kier alpha value is -0.890. The topological polar surface area (TPSA) is 12.0 Å². The lowest BCUT2D eigenvalue weighted by Crippen LogP contribution is -2.40. The summed E-state index contributed by atoms with van der Waals surface area (Å²) in [5.41, 5.74) is 2.49. The Bertz CT molecular complexity index is 412. The van der Waals surface area contributed by atoms with Crippen molar-refractivity contribution in [1.29, 1.82) is 0 Å². The molecule has 1 rings (SSSR count). The van der Waals surface area contributed by atoms with E-state index in [4.69, 9.17) is 0 Å². The third-order valence-corrected chi connectivity index (χ3v) is 4.21. The first-order chi connectivity index (χ1) is 8.74. The molecule has 1 N–H and O–H groups in total. The fourth-order valence-electron chi connectivity index (χ4n) is 2.20. The third-order valence-electron chi connectivity index (χ3n) is 4.21. The van der Waals surface area contributed by atoms with E-state index >= 15 is 0 Å². The fraction of sp³-hybridized carbons (Fsp3) is 0.647. The van der Waals surface area contributed by atoms with Crippen LogP contribution in [0.3, 0.4) is 0 Å². The molecule has 0 aliphatic carbocycles. The molecule has 0 saturated heterocycles. The number of benzene rings is 1. The molecule has 1 unspecified atom stereocenters. The van der Waals surface area contributed by atoms with E-state index in [0.717, 1.165) is 18.5 Å². The van der Waals surface area contributed by atoms with Crippen LogP contribution in [-0.4, -0.2) is 12.6 Å². The molecule has 0 spiro atoms. The van der Waals surface area contributed by atoms with Gasteiger partial charge in [0.05, 0.1) is 0 Å². The van der Waals surface area contributed by atoms with Gasteiger partial charge in [0, 0.05) is 12.6 Å². The van der Waals surface area contributed by atoms with Gasteiger partial charge in [0.2, 0.25) is 0 Å². The molecule has 108 valence electrons. The molecule has 19 heavy (non-hydrogen) atoms. The van der Waals surface area contributed by atoms with Crippen LogP contribution in [-0.2, 0) is 6.42 Å². The average Bonchev–Trinajstić information content (AvgIpc) is 2.30. The lowest BCUT2D eigenvalue weighted by atomic mass is 9.73. The Morgan fingerprint density at radius 3 is 2.32 bits per heavy atom. The highest BCUT2D eigenvalue weighted by molar-refractivity contribution is 5.27. The molecule has 1 atom stereocenters. The normalized spacial score (nSPS) is 15.0. The van der Waals surface area contributed by atoms with E-state index in [1.54, 1.807) is 12.1 Å². The van der Waals surface area contributed by atoms with Crippen LogP contribution in [0.25, 0.3) is 0 Å². The molecular formula is C17H28FN. The zero-order valence-electron chi connectivity index (χ0n) is 13.2. The number of halogens is 1. The summed E-state index contributed by atoms with van der Waals surface area (Å²) in [7, 11) is 0. The van der Waals surface area contributed by atoms with Gasteiger partial charge in [-0.1, -0.05) is 40.7 Å². The SMILES string of the molecule is Cc1cc(F)ccc1CC(C)(CNC(C)C)C(C)C. The Labute approximate surface area is 117 Å². The molecule has 2 heteroatoms. The van der Waals surface area contributed by atoms with E-state index in [0.29, 0.717) is 12.0 Å². The molecule has 1 nitrogen and oxygen atoms in total. The summed E-state index contributed by atoms with van der Waals surface area (Å²) < 4.78 is 13.2. The summed E-state index contributed by atoms with van der Waals surface area (Å²) in [6.07, 6.45) is 0.983. The Morgan fingerprint density at radius 2 is 1.84 bits per heavy atom. The first kappa shape index (κ1) is 16.2. The average molecular weight is 265 g/mol.